The van der Waals surface area contributed by atoms with Gasteiger partial charge in [0.1, 0.15) is 35.1 Å². The Kier molecular flexibility index (Phi) is 9.89. The van der Waals surface area contributed by atoms with Crippen LogP contribution >= 0.6 is 0 Å². The maximum absolute atomic E-state index is 10.3. The molecule has 4 aromatic rings. The smallest absolute Gasteiger partial charge is 0.124 e. The second kappa shape index (κ2) is 13.3. The zero-order chi connectivity index (χ0) is 25.3. The van der Waals surface area contributed by atoms with Crippen LogP contribution in [-0.4, -0.2) is 36.9 Å². The predicted molar refractivity (Wildman–Crippen MR) is 143 cm³/mol. The molecule has 0 unspecified atom stereocenters. The largest absolute Gasteiger partial charge is 0.507 e. The molecule has 0 aromatic heterocycles. The molecular formula is C30H28CoN2O4. The quantitative estimate of drug-likeness (QED) is 0.251. The Hall–Kier alpha value is -4.07. The molecule has 37 heavy (non-hydrogen) atoms. The maximum Gasteiger partial charge on any atom is 0.124 e. The van der Waals surface area contributed by atoms with E-state index in [9.17, 15) is 10.2 Å². The fourth-order valence-electron chi connectivity index (χ4n) is 4.00. The number of phenols is 2. The summed E-state index contributed by atoms with van der Waals surface area (Å²) in [6, 6.07) is 28.2. The van der Waals surface area contributed by atoms with Crippen molar-refractivity contribution >= 4 is 12.4 Å². The number of phenolic OH excluding ortho intramolecular Hbond substituents is 2. The van der Waals surface area contributed by atoms with Crippen molar-refractivity contribution in [2.75, 3.05) is 14.2 Å². The summed E-state index contributed by atoms with van der Waals surface area (Å²) in [7, 11) is 3.23. The summed E-state index contributed by atoms with van der Waals surface area (Å²) in [6.45, 7) is 0. The summed E-state index contributed by atoms with van der Waals surface area (Å²) in [4.78, 5) is 9.85. The standard InChI is InChI=1S/C30H28N2O4.Co/c1-35-27-17-9-5-13-23(27)29(31-19-21-11-3-7-15-25(21)33)30(24-14-6-10-18-28(24)36-2)32-20-22-12-4-8-16-26(22)34;/h3-20,29-30,33-34H,1-2H3;/t29-,30+;. The number of aliphatic imine (C=N–C) groups is 2. The van der Waals surface area contributed by atoms with E-state index >= 15 is 0 Å². The molecular weight excluding hydrogens is 511 g/mol. The van der Waals surface area contributed by atoms with Crippen LogP contribution in [0.5, 0.6) is 23.0 Å². The Balaban J connectivity index is 0.00000380. The monoisotopic (exact) mass is 539 g/mol. The zero-order valence-electron chi connectivity index (χ0n) is 20.5. The Morgan fingerprint density at radius 3 is 1.30 bits per heavy atom. The molecule has 0 aliphatic rings. The Bertz CT molecular complexity index is 1270. The number of ether oxygens (including phenoxy) is 2. The first-order chi connectivity index (χ1) is 17.6. The van der Waals surface area contributed by atoms with E-state index < -0.39 is 12.1 Å². The van der Waals surface area contributed by atoms with Gasteiger partial charge < -0.3 is 19.7 Å². The predicted octanol–water partition coefficient (Wildman–Crippen LogP) is 6.13. The van der Waals surface area contributed by atoms with Crippen LogP contribution in [0.3, 0.4) is 0 Å². The maximum atomic E-state index is 10.3. The average molecular weight is 539 g/mol. The Labute approximate surface area is 227 Å². The molecule has 1 radical (unpaired) electrons. The third-order valence-electron chi connectivity index (χ3n) is 5.84. The van der Waals surface area contributed by atoms with Gasteiger partial charge in [0.2, 0.25) is 0 Å². The van der Waals surface area contributed by atoms with E-state index in [2.05, 4.69) is 0 Å². The average Bonchev–Trinajstić information content (AvgIpc) is 2.92. The van der Waals surface area contributed by atoms with E-state index in [0.717, 1.165) is 11.1 Å². The van der Waals surface area contributed by atoms with Crippen LogP contribution in [-0.2, 0) is 16.8 Å². The Morgan fingerprint density at radius 1 is 0.568 bits per heavy atom. The number of benzene rings is 4. The summed E-state index contributed by atoms with van der Waals surface area (Å²) in [5, 5.41) is 20.6. The summed E-state index contributed by atoms with van der Waals surface area (Å²) in [5.74, 6) is 1.59. The first-order valence-corrected chi connectivity index (χ1v) is 11.5. The molecule has 0 aliphatic carbocycles. The van der Waals surface area contributed by atoms with Crippen molar-refractivity contribution in [1.82, 2.24) is 0 Å². The molecule has 2 atom stereocenters. The SMILES string of the molecule is COc1ccccc1[C@@H](N=Cc1ccccc1O)[C@@H](N=Cc1ccccc1O)c1ccccc1OC.[Co]. The fraction of sp³-hybridized carbons (Fsp3) is 0.133. The number of hydrogen-bond donors (Lipinski definition) is 2. The van der Waals surface area contributed by atoms with Gasteiger partial charge in [-0.25, -0.2) is 0 Å². The van der Waals surface area contributed by atoms with E-state index in [4.69, 9.17) is 19.5 Å². The molecule has 6 nitrogen and oxygen atoms in total. The van der Waals surface area contributed by atoms with Gasteiger partial charge in [0.05, 0.1) is 14.2 Å². The number of para-hydroxylation sites is 4. The molecule has 4 rings (SSSR count). The number of rotatable bonds is 9. The van der Waals surface area contributed by atoms with E-state index in [1.54, 1.807) is 63.0 Å². The van der Waals surface area contributed by atoms with Gasteiger partial charge in [-0.1, -0.05) is 60.7 Å². The van der Waals surface area contributed by atoms with E-state index in [0.29, 0.717) is 22.6 Å². The minimum atomic E-state index is -0.542. The van der Waals surface area contributed by atoms with Gasteiger partial charge in [-0.15, -0.1) is 0 Å². The molecule has 4 aromatic carbocycles. The second-order valence-corrected chi connectivity index (χ2v) is 8.05. The van der Waals surface area contributed by atoms with Crippen LogP contribution in [0.4, 0.5) is 0 Å². The third-order valence-corrected chi connectivity index (χ3v) is 5.84. The first kappa shape index (κ1) is 27.5. The van der Waals surface area contributed by atoms with Crippen molar-refractivity contribution in [3.05, 3.63) is 119 Å². The molecule has 0 heterocycles. The van der Waals surface area contributed by atoms with Crippen LogP contribution in [0.2, 0.25) is 0 Å². The molecule has 0 bridgehead atoms. The molecule has 2 N–H and O–H groups in total. The van der Waals surface area contributed by atoms with E-state index in [-0.39, 0.29) is 28.3 Å². The molecule has 0 aliphatic heterocycles. The summed E-state index contributed by atoms with van der Waals surface area (Å²) >= 11 is 0. The van der Waals surface area contributed by atoms with Crippen LogP contribution in [0.15, 0.2) is 107 Å². The van der Waals surface area contributed by atoms with E-state index in [1.807, 2.05) is 60.7 Å². The molecule has 191 valence electrons. The number of methoxy groups -OCH3 is 2. The topological polar surface area (TPSA) is 83.6 Å². The molecule has 7 heteroatoms. The summed E-state index contributed by atoms with van der Waals surface area (Å²) in [5.41, 5.74) is 2.80. The van der Waals surface area contributed by atoms with Crippen molar-refractivity contribution in [1.29, 1.82) is 0 Å². The summed E-state index contributed by atoms with van der Waals surface area (Å²) in [6.07, 6.45) is 3.29. The zero-order valence-corrected chi connectivity index (χ0v) is 21.5. The van der Waals surface area contributed by atoms with Gasteiger partial charge in [0.25, 0.3) is 0 Å². The fourth-order valence-corrected chi connectivity index (χ4v) is 4.00. The number of aromatic hydroxyl groups is 2. The van der Waals surface area contributed by atoms with Crippen molar-refractivity contribution in [3.8, 4) is 23.0 Å². The van der Waals surface area contributed by atoms with E-state index in [1.165, 1.54) is 0 Å². The summed E-state index contributed by atoms with van der Waals surface area (Å²) < 4.78 is 11.4. The van der Waals surface area contributed by atoms with Crippen LogP contribution in [0.25, 0.3) is 0 Å². The molecule has 0 saturated carbocycles. The first-order valence-electron chi connectivity index (χ1n) is 11.5. The van der Waals surface area contributed by atoms with Gasteiger partial charge in [-0.2, -0.15) is 0 Å². The van der Waals surface area contributed by atoms with Crippen LogP contribution in [0.1, 0.15) is 34.3 Å². The molecule has 0 amide bonds. The van der Waals surface area contributed by atoms with Gasteiger partial charge in [0, 0.05) is 51.5 Å². The van der Waals surface area contributed by atoms with Crippen molar-refractivity contribution < 1.29 is 36.5 Å². The minimum absolute atomic E-state index is 0. The Morgan fingerprint density at radius 2 is 0.919 bits per heavy atom. The van der Waals surface area contributed by atoms with Gasteiger partial charge >= 0.3 is 0 Å². The van der Waals surface area contributed by atoms with Gasteiger partial charge in [0.15, 0.2) is 0 Å². The number of nitrogens with zero attached hydrogens (tertiary/aromatic N) is 2. The normalized spacial score (nSPS) is 12.7. The second-order valence-electron chi connectivity index (χ2n) is 8.05. The third kappa shape index (κ3) is 6.58. The van der Waals surface area contributed by atoms with Crippen molar-refractivity contribution in [3.63, 3.8) is 0 Å². The molecule has 0 fully saturated rings. The minimum Gasteiger partial charge on any atom is -0.507 e. The van der Waals surface area contributed by atoms with Gasteiger partial charge in [-0.05, 0) is 36.4 Å². The molecule has 0 saturated heterocycles. The van der Waals surface area contributed by atoms with Crippen molar-refractivity contribution in [2.24, 2.45) is 9.98 Å². The van der Waals surface area contributed by atoms with Crippen LogP contribution in [0, 0.1) is 0 Å². The molecule has 0 spiro atoms. The van der Waals surface area contributed by atoms with Gasteiger partial charge in [-0.3, -0.25) is 9.98 Å². The van der Waals surface area contributed by atoms with Crippen LogP contribution < -0.4 is 9.47 Å². The number of hydrogen-bond acceptors (Lipinski definition) is 6. The van der Waals surface area contributed by atoms with Crippen molar-refractivity contribution in [2.45, 2.75) is 12.1 Å².